The van der Waals surface area contributed by atoms with E-state index in [0.717, 1.165) is 10.7 Å². The van der Waals surface area contributed by atoms with Crippen molar-refractivity contribution in [1.82, 2.24) is 9.03 Å². The minimum Gasteiger partial charge on any atom is -0.377 e. The van der Waals surface area contributed by atoms with Gasteiger partial charge in [-0.05, 0) is 62.6 Å². The summed E-state index contributed by atoms with van der Waals surface area (Å²) in [5.41, 5.74) is 0.560. The van der Waals surface area contributed by atoms with Gasteiger partial charge in [-0.15, -0.1) is 0 Å². The van der Waals surface area contributed by atoms with E-state index in [4.69, 9.17) is 4.74 Å². The molecular formula is C23H31N3O6S2. The maximum absolute atomic E-state index is 13.4. The van der Waals surface area contributed by atoms with Gasteiger partial charge in [0.15, 0.2) is 0 Å². The first-order valence-electron chi connectivity index (χ1n) is 11.2. The number of ether oxygens (including phenoxy) is 1. The highest BCUT2D eigenvalue weighted by Crippen LogP contribution is 2.22. The van der Waals surface area contributed by atoms with Gasteiger partial charge in [0.25, 0.3) is 0 Å². The number of amides is 1. The van der Waals surface area contributed by atoms with Crippen molar-refractivity contribution in [2.24, 2.45) is 0 Å². The van der Waals surface area contributed by atoms with Crippen LogP contribution in [0, 0.1) is 0 Å². The number of hydrogen-bond acceptors (Lipinski definition) is 6. The van der Waals surface area contributed by atoms with Crippen LogP contribution in [0.3, 0.4) is 0 Å². The number of carbonyl (C=O) groups excluding carboxylic acids is 1. The van der Waals surface area contributed by atoms with E-state index >= 15 is 0 Å². The van der Waals surface area contributed by atoms with Crippen molar-refractivity contribution in [2.45, 2.75) is 55.0 Å². The quantitative estimate of drug-likeness (QED) is 0.480. The Balaban J connectivity index is 1.81. The molecule has 34 heavy (non-hydrogen) atoms. The van der Waals surface area contributed by atoms with Crippen LogP contribution in [0.15, 0.2) is 64.4 Å². The van der Waals surface area contributed by atoms with Gasteiger partial charge in [-0.2, -0.15) is 4.31 Å². The highest BCUT2D eigenvalue weighted by molar-refractivity contribution is 7.89. The Morgan fingerprint density at radius 2 is 1.71 bits per heavy atom. The largest absolute Gasteiger partial charge is 0.377 e. The zero-order valence-corrected chi connectivity index (χ0v) is 20.9. The summed E-state index contributed by atoms with van der Waals surface area (Å²) in [6.45, 7) is 3.79. The molecule has 1 fully saturated rings. The van der Waals surface area contributed by atoms with Gasteiger partial charge in [0.05, 0.1) is 22.4 Å². The minimum absolute atomic E-state index is 0.0279. The molecule has 2 atom stereocenters. The van der Waals surface area contributed by atoms with Crippen LogP contribution in [0.25, 0.3) is 0 Å². The number of para-hydroxylation sites is 1. The molecule has 1 saturated heterocycles. The molecule has 0 radical (unpaired) electrons. The van der Waals surface area contributed by atoms with Crippen molar-refractivity contribution < 1.29 is 26.4 Å². The molecule has 11 heteroatoms. The third-order valence-corrected chi connectivity index (χ3v) is 8.98. The second-order valence-corrected chi connectivity index (χ2v) is 11.9. The molecule has 3 rings (SSSR count). The molecule has 0 bridgehead atoms. The Labute approximate surface area is 201 Å². The lowest BCUT2D eigenvalue weighted by molar-refractivity contribution is -0.116. The van der Waals surface area contributed by atoms with E-state index in [1.807, 2.05) is 13.0 Å². The summed E-state index contributed by atoms with van der Waals surface area (Å²) < 4.78 is 61.1. The lowest BCUT2D eigenvalue weighted by Gasteiger charge is -2.24. The van der Waals surface area contributed by atoms with Gasteiger partial charge >= 0.3 is 0 Å². The fraction of sp³-hybridized carbons (Fsp3) is 0.435. The van der Waals surface area contributed by atoms with Gasteiger partial charge in [0.2, 0.25) is 26.0 Å². The van der Waals surface area contributed by atoms with Gasteiger partial charge in [-0.25, -0.2) is 21.6 Å². The molecule has 1 aliphatic heterocycles. The molecule has 1 aliphatic rings. The zero-order valence-electron chi connectivity index (χ0n) is 19.3. The number of rotatable bonds is 11. The molecule has 2 aromatic carbocycles. The molecule has 0 saturated carbocycles. The summed E-state index contributed by atoms with van der Waals surface area (Å²) in [6.07, 6.45) is 1.84. The summed E-state index contributed by atoms with van der Waals surface area (Å²) in [5, 5.41) is 2.70. The molecule has 1 amide bonds. The summed E-state index contributed by atoms with van der Waals surface area (Å²) in [6, 6.07) is 13.5. The van der Waals surface area contributed by atoms with E-state index in [2.05, 4.69) is 10.0 Å². The van der Waals surface area contributed by atoms with Crippen LogP contribution in [0.1, 0.15) is 33.1 Å². The summed E-state index contributed by atoms with van der Waals surface area (Å²) in [7, 11) is -7.86. The van der Waals surface area contributed by atoms with Crippen molar-refractivity contribution >= 4 is 31.6 Å². The predicted octanol–water partition coefficient (Wildman–Crippen LogP) is 2.57. The maximum atomic E-state index is 13.4. The lowest BCUT2D eigenvalue weighted by atomic mass is 10.2. The van der Waals surface area contributed by atoms with E-state index in [1.54, 1.807) is 31.2 Å². The second kappa shape index (κ2) is 11.4. The van der Waals surface area contributed by atoms with Gasteiger partial charge in [-0.1, -0.05) is 25.1 Å². The molecular weight excluding hydrogens is 478 g/mol. The van der Waals surface area contributed by atoms with Crippen LogP contribution in [0.4, 0.5) is 5.69 Å². The van der Waals surface area contributed by atoms with Gasteiger partial charge in [0, 0.05) is 24.9 Å². The number of hydrogen-bond donors (Lipinski definition) is 2. The summed E-state index contributed by atoms with van der Waals surface area (Å²) in [5.74, 6) is -0.482. The Bertz CT molecular complexity index is 1160. The smallest absolute Gasteiger partial charge is 0.243 e. The third-order valence-electron chi connectivity index (χ3n) is 5.55. The first-order chi connectivity index (χ1) is 16.1. The Kier molecular flexibility index (Phi) is 8.83. The molecule has 9 nitrogen and oxygen atoms in total. The van der Waals surface area contributed by atoms with Crippen molar-refractivity contribution in [1.29, 1.82) is 0 Å². The summed E-state index contributed by atoms with van der Waals surface area (Å²) in [4.78, 5) is 12.5. The molecule has 2 N–H and O–H groups in total. The van der Waals surface area contributed by atoms with Gasteiger partial charge < -0.3 is 10.1 Å². The molecule has 0 spiro atoms. The molecule has 1 heterocycles. The number of benzene rings is 2. The molecule has 0 aliphatic carbocycles. The van der Waals surface area contributed by atoms with Crippen LogP contribution in [-0.4, -0.2) is 58.9 Å². The second-order valence-electron chi connectivity index (χ2n) is 8.25. The van der Waals surface area contributed by atoms with Crippen molar-refractivity contribution in [3.05, 3.63) is 54.6 Å². The van der Waals surface area contributed by atoms with Gasteiger partial charge in [-0.3, -0.25) is 4.79 Å². The predicted molar refractivity (Wildman–Crippen MR) is 129 cm³/mol. The Morgan fingerprint density at radius 1 is 1.06 bits per heavy atom. The molecule has 0 aromatic heterocycles. The first kappa shape index (κ1) is 26.3. The van der Waals surface area contributed by atoms with Crippen LogP contribution in [-0.2, 0) is 29.6 Å². The fourth-order valence-corrected chi connectivity index (χ4v) is 6.26. The SMILES string of the molecule is CC[C@H](C)NS(=O)(=O)c1ccc(S(=O)(=O)N(CC(=O)Nc2ccccc2)C[C@@H]2CCCO2)cc1. The standard InChI is InChI=1S/C23H31N3O6S2/c1-3-18(2)25-33(28,29)21-11-13-22(14-12-21)34(30,31)26(16-20-10-7-15-32-20)17-23(27)24-19-8-5-4-6-9-19/h4-6,8-9,11-14,18,20,25H,3,7,10,15-17H2,1-2H3,(H,24,27)/t18-,20-/m0/s1. The van der Waals surface area contributed by atoms with Crippen LogP contribution in [0.2, 0.25) is 0 Å². The van der Waals surface area contributed by atoms with E-state index in [1.165, 1.54) is 24.3 Å². The fourth-order valence-electron chi connectivity index (χ4n) is 3.50. The molecule has 186 valence electrons. The van der Waals surface area contributed by atoms with Crippen molar-refractivity contribution in [3.63, 3.8) is 0 Å². The van der Waals surface area contributed by atoms with Crippen LogP contribution < -0.4 is 10.0 Å². The van der Waals surface area contributed by atoms with E-state index in [9.17, 15) is 21.6 Å². The molecule has 0 unspecified atom stereocenters. The highest BCUT2D eigenvalue weighted by atomic mass is 32.2. The highest BCUT2D eigenvalue weighted by Gasteiger charge is 2.31. The topological polar surface area (TPSA) is 122 Å². The summed E-state index contributed by atoms with van der Waals surface area (Å²) >= 11 is 0. The Hall–Kier alpha value is -2.31. The van der Waals surface area contributed by atoms with Crippen LogP contribution in [0.5, 0.6) is 0 Å². The molecule has 2 aromatic rings. The lowest BCUT2D eigenvalue weighted by Crippen LogP contribution is -2.42. The monoisotopic (exact) mass is 509 g/mol. The maximum Gasteiger partial charge on any atom is 0.243 e. The number of nitrogens with one attached hydrogen (secondary N) is 2. The van der Waals surface area contributed by atoms with Crippen LogP contribution >= 0.6 is 0 Å². The number of carbonyl (C=O) groups is 1. The van der Waals surface area contributed by atoms with E-state index in [0.29, 0.717) is 25.1 Å². The van der Waals surface area contributed by atoms with Crippen molar-refractivity contribution in [2.75, 3.05) is 25.0 Å². The average molecular weight is 510 g/mol. The normalized spacial score (nSPS) is 17.6. The van der Waals surface area contributed by atoms with E-state index < -0.39 is 32.5 Å². The average Bonchev–Trinajstić information content (AvgIpc) is 3.32. The first-order valence-corrected chi connectivity index (χ1v) is 14.1. The Morgan fingerprint density at radius 3 is 2.29 bits per heavy atom. The third kappa shape index (κ3) is 6.86. The number of nitrogens with zero attached hydrogens (tertiary/aromatic N) is 1. The van der Waals surface area contributed by atoms with E-state index in [-0.39, 0.29) is 28.5 Å². The van der Waals surface area contributed by atoms with Crippen molar-refractivity contribution in [3.8, 4) is 0 Å². The minimum atomic E-state index is -4.09. The number of anilines is 1. The van der Waals surface area contributed by atoms with Gasteiger partial charge in [0.1, 0.15) is 0 Å². The zero-order chi connectivity index (χ0) is 24.8. The number of sulfonamides is 2.